The van der Waals surface area contributed by atoms with E-state index in [0.29, 0.717) is 10.6 Å². The number of benzene rings is 2. The monoisotopic (exact) mass is 343 g/mol. The predicted molar refractivity (Wildman–Crippen MR) is 94.0 cm³/mol. The number of hydrogen-bond donors (Lipinski definition) is 1. The maximum Gasteiger partial charge on any atom is 0.141 e. The van der Waals surface area contributed by atoms with Crippen molar-refractivity contribution in [3.05, 3.63) is 58.4 Å². The van der Waals surface area contributed by atoms with E-state index in [9.17, 15) is 4.39 Å². The number of piperidine rings is 1. The van der Waals surface area contributed by atoms with Crippen molar-refractivity contribution in [3.8, 4) is 17.2 Å². The molecule has 1 saturated heterocycles. The third-order valence-corrected chi connectivity index (χ3v) is 4.86. The number of nitrogens with zero attached hydrogens (tertiary/aromatic N) is 2. The summed E-state index contributed by atoms with van der Waals surface area (Å²) < 4.78 is 13.9. The molecule has 2 aromatic carbocycles. The summed E-state index contributed by atoms with van der Waals surface area (Å²) in [5, 5.41) is 9.48. The predicted octanol–water partition coefficient (Wildman–Crippen LogP) is 3.94. The summed E-state index contributed by atoms with van der Waals surface area (Å²) in [5.41, 5.74) is 8.53. The third kappa shape index (κ3) is 3.59. The maximum absolute atomic E-state index is 13.9. The van der Waals surface area contributed by atoms with Crippen LogP contribution in [0.25, 0.3) is 11.1 Å². The van der Waals surface area contributed by atoms with E-state index >= 15 is 0 Å². The molecule has 0 saturated carbocycles. The fraction of sp³-hybridized carbons (Fsp3) is 0.316. The fourth-order valence-electron chi connectivity index (χ4n) is 3.17. The number of nitrogens with two attached hydrogens (primary N) is 1. The highest BCUT2D eigenvalue weighted by Crippen LogP contribution is 2.32. The second-order valence-corrected chi connectivity index (χ2v) is 6.60. The summed E-state index contributed by atoms with van der Waals surface area (Å²) in [5.74, 6) is -0.529. The fourth-order valence-corrected chi connectivity index (χ4v) is 3.47. The molecule has 0 amide bonds. The molecule has 2 N–H and O–H groups in total. The summed E-state index contributed by atoms with van der Waals surface area (Å²) in [6.45, 7) is 2.62. The van der Waals surface area contributed by atoms with Crippen LogP contribution in [0.4, 0.5) is 4.39 Å². The van der Waals surface area contributed by atoms with Gasteiger partial charge < -0.3 is 5.73 Å². The Bertz CT molecular complexity index is 785. The first kappa shape index (κ1) is 16.9. The Morgan fingerprint density at radius 3 is 2.88 bits per heavy atom. The van der Waals surface area contributed by atoms with E-state index in [0.717, 1.165) is 43.6 Å². The minimum absolute atomic E-state index is 0.0355. The minimum Gasteiger partial charge on any atom is -0.327 e. The Kier molecular flexibility index (Phi) is 5.15. The molecule has 3 nitrogen and oxygen atoms in total. The number of nitriles is 1. The van der Waals surface area contributed by atoms with Crippen LogP contribution < -0.4 is 5.73 Å². The molecule has 24 heavy (non-hydrogen) atoms. The molecule has 5 heteroatoms. The number of rotatable bonds is 3. The van der Waals surface area contributed by atoms with E-state index in [1.54, 1.807) is 6.07 Å². The Hall–Kier alpha value is -1.93. The molecule has 0 radical (unpaired) electrons. The van der Waals surface area contributed by atoms with Gasteiger partial charge in [-0.25, -0.2) is 4.39 Å². The van der Waals surface area contributed by atoms with Gasteiger partial charge in [-0.05, 0) is 42.6 Å². The van der Waals surface area contributed by atoms with Crippen LogP contribution in [0.15, 0.2) is 36.4 Å². The van der Waals surface area contributed by atoms with Crippen molar-refractivity contribution in [3.63, 3.8) is 0 Å². The number of likely N-dealkylation sites (tertiary alicyclic amines) is 1. The topological polar surface area (TPSA) is 53.0 Å². The lowest BCUT2D eigenvalue weighted by Gasteiger charge is -2.31. The first-order valence-corrected chi connectivity index (χ1v) is 8.41. The van der Waals surface area contributed by atoms with Gasteiger partial charge >= 0.3 is 0 Å². The highest BCUT2D eigenvalue weighted by atomic mass is 35.5. The Morgan fingerprint density at radius 2 is 2.17 bits per heavy atom. The van der Waals surface area contributed by atoms with Gasteiger partial charge in [0, 0.05) is 24.7 Å². The molecule has 1 fully saturated rings. The molecule has 1 unspecified atom stereocenters. The third-order valence-electron chi connectivity index (χ3n) is 4.42. The van der Waals surface area contributed by atoms with Gasteiger partial charge in [-0.2, -0.15) is 5.26 Å². The molecular formula is C19H19ClFN3. The molecule has 0 aromatic heterocycles. The van der Waals surface area contributed by atoms with E-state index in [-0.39, 0.29) is 11.6 Å². The zero-order chi connectivity index (χ0) is 17.1. The van der Waals surface area contributed by atoms with Gasteiger partial charge in [0.2, 0.25) is 0 Å². The average Bonchev–Trinajstić information content (AvgIpc) is 2.57. The van der Waals surface area contributed by atoms with Crippen molar-refractivity contribution in [1.29, 1.82) is 5.26 Å². The zero-order valence-corrected chi connectivity index (χ0v) is 14.1. The molecule has 1 heterocycles. The molecule has 1 aliphatic heterocycles. The smallest absolute Gasteiger partial charge is 0.141 e. The zero-order valence-electron chi connectivity index (χ0n) is 13.3. The maximum atomic E-state index is 13.9. The second-order valence-electron chi connectivity index (χ2n) is 6.22. The van der Waals surface area contributed by atoms with Crippen LogP contribution in [-0.2, 0) is 6.54 Å². The molecule has 124 valence electrons. The Labute approximate surface area is 146 Å². The summed E-state index contributed by atoms with van der Waals surface area (Å²) in [4.78, 5) is 2.30. The second kappa shape index (κ2) is 7.31. The van der Waals surface area contributed by atoms with Crippen LogP contribution in [0.2, 0.25) is 5.02 Å². The molecule has 0 spiro atoms. The highest BCUT2D eigenvalue weighted by molar-refractivity contribution is 6.34. The van der Waals surface area contributed by atoms with Crippen LogP contribution in [-0.4, -0.2) is 24.0 Å². The van der Waals surface area contributed by atoms with Gasteiger partial charge in [-0.15, -0.1) is 0 Å². The summed E-state index contributed by atoms with van der Waals surface area (Å²) >= 11 is 6.58. The molecule has 0 bridgehead atoms. The number of halogens is 2. The molecule has 1 aliphatic rings. The lowest BCUT2D eigenvalue weighted by Crippen LogP contribution is -2.42. The van der Waals surface area contributed by atoms with Crippen molar-refractivity contribution in [1.82, 2.24) is 4.90 Å². The van der Waals surface area contributed by atoms with Gasteiger partial charge in [-0.1, -0.05) is 35.9 Å². The summed E-state index contributed by atoms with van der Waals surface area (Å²) in [6.07, 6.45) is 2.16. The van der Waals surface area contributed by atoms with Crippen LogP contribution in [0.3, 0.4) is 0 Å². The van der Waals surface area contributed by atoms with Crippen molar-refractivity contribution in [2.75, 3.05) is 13.1 Å². The molecular weight excluding hydrogens is 325 g/mol. The first-order valence-electron chi connectivity index (χ1n) is 8.04. The van der Waals surface area contributed by atoms with Crippen LogP contribution in [0.1, 0.15) is 24.0 Å². The van der Waals surface area contributed by atoms with Crippen molar-refractivity contribution >= 4 is 11.6 Å². The van der Waals surface area contributed by atoms with Crippen LogP contribution >= 0.6 is 11.6 Å². The minimum atomic E-state index is -0.529. The molecule has 0 aliphatic carbocycles. The summed E-state index contributed by atoms with van der Waals surface area (Å²) in [6, 6.07) is 12.4. The van der Waals surface area contributed by atoms with Gasteiger partial charge in [0.1, 0.15) is 11.9 Å². The van der Waals surface area contributed by atoms with Crippen molar-refractivity contribution < 1.29 is 4.39 Å². The van der Waals surface area contributed by atoms with E-state index < -0.39 is 5.82 Å². The molecule has 1 atom stereocenters. The van der Waals surface area contributed by atoms with E-state index in [2.05, 4.69) is 4.90 Å². The lowest BCUT2D eigenvalue weighted by atomic mass is 10.00. The first-order chi connectivity index (χ1) is 11.6. The van der Waals surface area contributed by atoms with Gasteiger partial charge in [0.05, 0.1) is 10.6 Å². The average molecular weight is 344 g/mol. The lowest BCUT2D eigenvalue weighted by molar-refractivity contribution is 0.201. The largest absolute Gasteiger partial charge is 0.327 e. The van der Waals surface area contributed by atoms with Crippen molar-refractivity contribution in [2.45, 2.75) is 25.4 Å². The van der Waals surface area contributed by atoms with Gasteiger partial charge in [0.15, 0.2) is 0 Å². The standard InChI is InChI=1S/C19H19ClFN3/c20-19-15(11-24-8-2-4-16(23)12-24)3-1-5-17(19)13-6-7-14(10-22)18(21)9-13/h1,3,5-7,9,16H,2,4,8,11-12,23H2. The quantitative estimate of drug-likeness (QED) is 0.918. The summed E-state index contributed by atoms with van der Waals surface area (Å²) in [7, 11) is 0. The van der Waals surface area contributed by atoms with E-state index in [4.69, 9.17) is 22.6 Å². The van der Waals surface area contributed by atoms with Crippen LogP contribution in [0.5, 0.6) is 0 Å². The normalized spacial score (nSPS) is 18.3. The SMILES string of the molecule is N#Cc1ccc(-c2cccc(CN3CCCC(N)C3)c2Cl)cc1F. The van der Waals surface area contributed by atoms with Crippen LogP contribution in [0, 0.1) is 17.1 Å². The molecule has 2 aromatic rings. The van der Waals surface area contributed by atoms with Gasteiger partial charge in [-0.3, -0.25) is 4.90 Å². The molecule has 3 rings (SSSR count). The van der Waals surface area contributed by atoms with Gasteiger partial charge in [0.25, 0.3) is 0 Å². The van der Waals surface area contributed by atoms with E-state index in [1.165, 1.54) is 12.1 Å². The Morgan fingerprint density at radius 1 is 1.33 bits per heavy atom. The van der Waals surface area contributed by atoms with E-state index in [1.807, 2.05) is 24.3 Å². The highest BCUT2D eigenvalue weighted by Gasteiger charge is 2.18. The Balaban J connectivity index is 1.88. The number of hydrogen-bond acceptors (Lipinski definition) is 3. The van der Waals surface area contributed by atoms with Crippen molar-refractivity contribution in [2.24, 2.45) is 5.73 Å².